The van der Waals surface area contributed by atoms with Crippen LogP contribution in [-0.2, 0) is 0 Å². The quantitative estimate of drug-likeness (QED) is 0.622. The van der Waals surface area contributed by atoms with E-state index in [1.54, 1.807) is 41.7 Å². The lowest BCUT2D eigenvalue weighted by molar-refractivity contribution is 0.0959. The van der Waals surface area contributed by atoms with Crippen molar-refractivity contribution in [2.45, 2.75) is 6.92 Å². The van der Waals surface area contributed by atoms with Gasteiger partial charge in [0.1, 0.15) is 9.88 Å². The molecule has 0 saturated carbocycles. The summed E-state index contributed by atoms with van der Waals surface area (Å²) in [5.74, 6) is -0.536. The summed E-state index contributed by atoms with van der Waals surface area (Å²) in [6, 6.07) is 8.88. The molecule has 7 heteroatoms. The molecule has 0 fully saturated rings. The van der Waals surface area contributed by atoms with Crippen LogP contribution in [0.25, 0.3) is 10.6 Å². The molecule has 2 N–H and O–H groups in total. The zero-order valence-electron chi connectivity index (χ0n) is 14.1. The third-order valence-corrected chi connectivity index (χ3v) is 5.49. The van der Waals surface area contributed by atoms with Crippen LogP contribution < -0.4 is 10.6 Å². The Kier molecular flexibility index (Phi) is 5.60. The van der Waals surface area contributed by atoms with Gasteiger partial charge in [-0.2, -0.15) is 11.3 Å². The summed E-state index contributed by atoms with van der Waals surface area (Å²) in [6.07, 6.45) is 1.60. The first-order valence-electron chi connectivity index (χ1n) is 7.89. The van der Waals surface area contributed by atoms with Crippen LogP contribution in [0.15, 0.2) is 53.7 Å². The number of thiazole rings is 1. The maximum Gasteiger partial charge on any atom is 0.267 e. The van der Waals surface area contributed by atoms with Crippen LogP contribution in [0.4, 0.5) is 5.69 Å². The first kappa shape index (κ1) is 18.0. The van der Waals surface area contributed by atoms with Gasteiger partial charge >= 0.3 is 0 Å². The van der Waals surface area contributed by atoms with Gasteiger partial charge in [-0.25, -0.2) is 4.98 Å². The van der Waals surface area contributed by atoms with Crippen LogP contribution >= 0.6 is 22.7 Å². The number of aromatic nitrogens is 1. The molecule has 2 heterocycles. The van der Waals surface area contributed by atoms with Gasteiger partial charge in [0.05, 0.1) is 16.9 Å². The molecule has 5 nitrogen and oxygen atoms in total. The Bertz CT molecular complexity index is 946. The third kappa shape index (κ3) is 3.89. The molecular formula is C19H17N3O2S2. The highest BCUT2D eigenvalue weighted by Crippen LogP contribution is 2.30. The predicted molar refractivity (Wildman–Crippen MR) is 107 cm³/mol. The molecule has 0 unspecified atom stereocenters. The van der Waals surface area contributed by atoms with Gasteiger partial charge in [-0.05, 0) is 30.5 Å². The lowest BCUT2D eigenvalue weighted by Crippen LogP contribution is -2.25. The molecule has 0 aliphatic carbocycles. The number of thiophene rings is 1. The smallest absolute Gasteiger partial charge is 0.267 e. The minimum Gasteiger partial charge on any atom is -0.349 e. The number of benzene rings is 1. The Morgan fingerprint density at radius 3 is 2.77 bits per heavy atom. The summed E-state index contributed by atoms with van der Waals surface area (Å²) in [5, 5.41) is 10.3. The minimum absolute atomic E-state index is 0.263. The van der Waals surface area contributed by atoms with E-state index in [2.05, 4.69) is 22.2 Å². The van der Waals surface area contributed by atoms with Crippen LogP contribution in [0.1, 0.15) is 25.7 Å². The normalized spacial score (nSPS) is 10.3. The molecule has 3 rings (SSSR count). The van der Waals surface area contributed by atoms with Gasteiger partial charge in [-0.3, -0.25) is 9.59 Å². The molecule has 3 aromatic rings. The molecule has 0 aliphatic rings. The first-order valence-corrected chi connectivity index (χ1v) is 9.65. The number of amides is 2. The fourth-order valence-electron chi connectivity index (χ4n) is 2.35. The Morgan fingerprint density at radius 1 is 1.23 bits per heavy atom. The monoisotopic (exact) mass is 383 g/mol. The van der Waals surface area contributed by atoms with E-state index in [0.717, 1.165) is 10.6 Å². The molecule has 132 valence electrons. The van der Waals surface area contributed by atoms with Gasteiger partial charge in [-0.1, -0.05) is 18.2 Å². The lowest BCUT2D eigenvalue weighted by atomic mass is 10.1. The molecule has 2 aromatic heterocycles. The van der Waals surface area contributed by atoms with Crippen molar-refractivity contribution in [1.82, 2.24) is 10.3 Å². The number of anilines is 1. The van der Waals surface area contributed by atoms with Crippen LogP contribution in [0, 0.1) is 6.92 Å². The fraction of sp³-hybridized carbons (Fsp3) is 0.105. The van der Waals surface area contributed by atoms with Crippen molar-refractivity contribution in [2.75, 3.05) is 11.9 Å². The van der Waals surface area contributed by atoms with Crippen LogP contribution in [0.3, 0.4) is 0 Å². The summed E-state index contributed by atoms with van der Waals surface area (Å²) in [6.45, 7) is 5.75. The number of nitrogens with zero attached hydrogens (tertiary/aromatic N) is 1. The van der Waals surface area contributed by atoms with Crippen LogP contribution in [0.2, 0.25) is 0 Å². The Morgan fingerprint density at radius 2 is 2.04 bits per heavy atom. The number of rotatable bonds is 6. The maximum atomic E-state index is 12.7. The van der Waals surface area contributed by atoms with Crippen molar-refractivity contribution >= 4 is 40.2 Å². The van der Waals surface area contributed by atoms with Crippen molar-refractivity contribution in [1.29, 1.82) is 0 Å². The molecule has 0 saturated heterocycles. The Labute approximate surface area is 159 Å². The van der Waals surface area contributed by atoms with E-state index in [1.807, 2.05) is 23.8 Å². The number of hydrogen-bond acceptors (Lipinski definition) is 5. The zero-order chi connectivity index (χ0) is 18.5. The molecule has 2 amide bonds. The molecule has 1 aromatic carbocycles. The lowest BCUT2D eigenvalue weighted by Gasteiger charge is -2.10. The van der Waals surface area contributed by atoms with Crippen molar-refractivity contribution in [3.05, 3.63) is 69.9 Å². The van der Waals surface area contributed by atoms with Crippen LogP contribution in [0.5, 0.6) is 0 Å². The summed E-state index contributed by atoms with van der Waals surface area (Å²) in [7, 11) is 0. The molecule has 26 heavy (non-hydrogen) atoms. The van der Waals surface area contributed by atoms with E-state index >= 15 is 0 Å². The highest BCUT2D eigenvalue weighted by Gasteiger charge is 2.19. The minimum atomic E-state index is -0.273. The first-order chi connectivity index (χ1) is 12.6. The number of carbonyl (C=O) groups is 2. The van der Waals surface area contributed by atoms with E-state index in [0.29, 0.717) is 28.4 Å². The van der Waals surface area contributed by atoms with Gasteiger partial charge in [0.25, 0.3) is 11.8 Å². The van der Waals surface area contributed by atoms with Crippen LogP contribution in [-0.4, -0.2) is 23.3 Å². The second-order valence-electron chi connectivity index (χ2n) is 5.44. The number of nitrogens with one attached hydrogen (secondary N) is 2. The SMILES string of the molecule is C=CCNC(=O)c1ccccc1NC(=O)c1sc(-c2ccsc2)nc1C. The van der Waals surface area contributed by atoms with Gasteiger partial charge in [0.2, 0.25) is 0 Å². The van der Waals surface area contributed by atoms with E-state index in [9.17, 15) is 9.59 Å². The molecule has 0 spiro atoms. The molecule has 0 atom stereocenters. The second-order valence-corrected chi connectivity index (χ2v) is 7.22. The average Bonchev–Trinajstić information content (AvgIpc) is 3.29. The topological polar surface area (TPSA) is 71.1 Å². The third-order valence-electron chi connectivity index (χ3n) is 3.60. The predicted octanol–water partition coefficient (Wildman–Crippen LogP) is 4.35. The number of carbonyl (C=O) groups excluding carboxylic acids is 2. The Balaban J connectivity index is 1.83. The molecule has 0 aliphatic heterocycles. The van der Waals surface area contributed by atoms with Gasteiger partial charge in [-0.15, -0.1) is 17.9 Å². The highest BCUT2D eigenvalue weighted by atomic mass is 32.1. The average molecular weight is 383 g/mol. The van der Waals surface area contributed by atoms with Gasteiger partial charge in [0, 0.05) is 17.5 Å². The van der Waals surface area contributed by atoms with Crippen molar-refractivity contribution in [3.8, 4) is 10.6 Å². The van der Waals surface area contributed by atoms with Crippen molar-refractivity contribution in [3.63, 3.8) is 0 Å². The number of hydrogen-bond donors (Lipinski definition) is 2. The summed E-state index contributed by atoms with van der Waals surface area (Å²) in [5.41, 5.74) is 2.54. The summed E-state index contributed by atoms with van der Waals surface area (Å²) < 4.78 is 0. The molecular weight excluding hydrogens is 366 g/mol. The van der Waals surface area contributed by atoms with Gasteiger partial charge in [0.15, 0.2) is 0 Å². The molecule has 0 radical (unpaired) electrons. The highest BCUT2D eigenvalue weighted by molar-refractivity contribution is 7.17. The maximum absolute atomic E-state index is 12.7. The van der Waals surface area contributed by atoms with E-state index < -0.39 is 0 Å². The van der Waals surface area contributed by atoms with E-state index in [-0.39, 0.29) is 11.8 Å². The standard InChI is InChI=1S/C19H17N3O2S2/c1-3-9-20-17(23)14-6-4-5-7-15(14)22-18(24)16-12(2)21-19(26-16)13-8-10-25-11-13/h3-8,10-11H,1,9H2,2H3,(H,20,23)(H,22,24). The van der Waals surface area contributed by atoms with E-state index in [1.165, 1.54) is 11.3 Å². The van der Waals surface area contributed by atoms with Crippen molar-refractivity contribution in [2.24, 2.45) is 0 Å². The fourth-order valence-corrected chi connectivity index (χ4v) is 4.02. The van der Waals surface area contributed by atoms with Crippen molar-refractivity contribution < 1.29 is 9.59 Å². The zero-order valence-corrected chi connectivity index (χ0v) is 15.7. The largest absolute Gasteiger partial charge is 0.349 e. The summed E-state index contributed by atoms with van der Waals surface area (Å²) >= 11 is 2.93. The Hall–Kier alpha value is -2.77. The van der Waals surface area contributed by atoms with Gasteiger partial charge < -0.3 is 10.6 Å². The number of aryl methyl sites for hydroxylation is 1. The molecule has 0 bridgehead atoms. The second kappa shape index (κ2) is 8.07. The number of para-hydroxylation sites is 1. The summed E-state index contributed by atoms with van der Waals surface area (Å²) in [4.78, 5) is 30.0. The van der Waals surface area contributed by atoms with E-state index in [4.69, 9.17) is 0 Å².